The highest BCUT2D eigenvalue weighted by molar-refractivity contribution is 9.11. The Hall–Kier alpha value is -1.45. The molecular weight excluding hydrogens is 428 g/mol. The molecule has 0 atom stereocenters. The molecule has 0 saturated heterocycles. The lowest BCUT2D eigenvalue weighted by molar-refractivity contribution is -0.119. The zero-order chi connectivity index (χ0) is 15.4. The quantitative estimate of drug-likeness (QED) is 0.720. The number of aromatic nitrogens is 1. The second kappa shape index (κ2) is 7.01. The average Bonchev–Trinajstić information content (AvgIpc) is 2.84. The average molecular weight is 436 g/mol. The Labute approximate surface area is 140 Å². The number of ether oxygens (including phenoxy) is 1. The number of halogens is 2. The van der Waals surface area contributed by atoms with Gasteiger partial charge in [0.25, 0.3) is 5.91 Å². The summed E-state index contributed by atoms with van der Waals surface area (Å²) in [6, 6.07) is 4.35. The lowest BCUT2D eigenvalue weighted by atomic mass is 10.2. The fourth-order valence-electron chi connectivity index (χ4n) is 1.35. The molecular formula is C12H8Br2N2O4S. The molecule has 0 unspecified atom stereocenters. The van der Waals surface area contributed by atoms with E-state index in [0.29, 0.717) is 9.60 Å². The van der Waals surface area contributed by atoms with Crippen LogP contribution in [-0.2, 0) is 9.53 Å². The molecule has 110 valence electrons. The van der Waals surface area contributed by atoms with Crippen molar-refractivity contribution in [3.05, 3.63) is 38.2 Å². The number of anilines is 1. The number of amides is 1. The van der Waals surface area contributed by atoms with Gasteiger partial charge in [0.15, 0.2) is 11.7 Å². The Morgan fingerprint density at radius 1 is 1.38 bits per heavy atom. The fourth-order valence-corrected chi connectivity index (χ4v) is 2.83. The molecule has 0 radical (unpaired) electrons. The van der Waals surface area contributed by atoms with Crippen LogP contribution in [0.3, 0.4) is 0 Å². The molecule has 0 aliphatic heterocycles. The van der Waals surface area contributed by atoms with E-state index in [4.69, 9.17) is 4.74 Å². The van der Waals surface area contributed by atoms with Crippen LogP contribution in [0.5, 0.6) is 5.75 Å². The first-order chi connectivity index (χ1) is 9.95. The van der Waals surface area contributed by atoms with Gasteiger partial charge in [0.2, 0.25) is 0 Å². The molecule has 2 N–H and O–H groups in total. The number of esters is 1. The SMILES string of the molecule is O=C(COC(=O)c1cc(Br)ccc1O)Nc1ncc(Br)s1. The maximum absolute atomic E-state index is 11.8. The summed E-state index contributed by atoms with van der Waals surface area (Å²) in [5.74, 6) is -1.52. The second-order valence-corrected chi connectivity index (χ2v) is 7.08. The van der Waals surface area contributed by atoms with Crippen LogP contribution in [-0.4, -0.2) is 28.6 Å². The Bertz CT molecular complexity index is 690. The molecule has 1 amide bonds. The molecule has 0 aliphatic carbocycles. The summed E-state index contributed by atoms with van der Waals surface area (Å²) in [7, 11) is 0. The number of hydrogen-bond donors (Lipinski definition) is 2. The third kappa shape index (κ3) is 4.51. The Morgan fingerprint density at radius 2 is 2.14 bits per heavy atom. The van der Waals surface area contributed by atoms with Gasteiger partial charge in [0, 0.05) is 4.47 Å². The van der Waals surface area contributed by atoms with E-state index in [1.807, 2.05) is 0 Å². The predicted octanol–water partition coefficient (Wildman–Crippen LogP) is 3.17. The summed E-state index contributed by atoms with van der Waals surface area (Å²) < 4.78 is 6.23. The maximum atomic E-state index is 11.8. The van der Waals surface area contributed by atoms with Crippen molar-refractivity contribution >= 4 is 60.2 Å². The highest BCUT2D eigenvalue weighted by atomic mass is 79.9. The van der Waals surface area contributed by atoms with Crippen LogP contribution in [0.2, 0.25) is 0 Å². The minimum absolute atomic E-state index is 0.0193. The van der Waals surface area contributed by atoms with Crippen molar-refractivity contribution < 1.29 is 19.4 Å². The second-order valence-electron chi connectivity index (χ2n) is 3.76. The van der Waals surface area contributed by atoms with Crippen LogP contribution in [0.15, 0.2) is 32.7 Å². The van der Waals surface area contributed by atoms with Gasteiger partial charge in [0.1, 0.15) is 11.3 Å². The topological polar surface area (TPSA) is 88.5 Å². The van der Waals surface area contributed by atoms with Gasteiger partial charge >= 0.3 is 5.97 Å². The third-order valence-corrected chi connectivity index (χ3v) is 4.12. The van der Waals surface area contributed by atoms with Crippen LogP contribution in [0.4, 0.5) is 5.13 Å². The van der Waals surface area contributed by atoms with Crippen molar-refractivity contribution in [3.8, 4) is 5.75 Å². The van der Waals surface area contributed by atoms with Gasteiger partial charge in [-0.2, -0.15) is 0 Å². The Kier molecular flexibility index (Phi) is 5.32. The molecule has 0 aliphatic rings. The molecule has 1 aromatic carbocycles. The third-order valence-electron chi connectivity index (χ3n) is 2.24. The van der Waals surface area contributed by atoms with E-state index in [0.717, 1.165) is 3.79 Å². The largest absolute Gasteiger partial charge is 0.507 e. The van der Waals surface area contributed by atoms with Gasteiger partial charge in [-0.1, -0.05) is 27.3 Å². The van der Waals surface area contributed by atoms with E-state index in [9.17, 15) is 14.7 Å². The van der Waals surface area contributed by atoms with Crippen molar-refractivity contribution in [1.82, 2.24) is 4.98 Å². The van der Waals surface area contributed by atoms with E-state index in [1.165, 1.54) is 23.5 Å². The zero-order valence-corrected chi connectivity index (χ0v) is 14.3. The van der Waals surface area contributed by atoms with Crippen LogP contribution in [0.1, 0.15) is 10.4 Å². The van der Waals surface area contributed by atoms with E-state index >= 15 is 0 Å². The summed E-state index contributed by atoms with van der Waals surface area (Å²) in [5, 5.41) is 12.5. The van der Waals surface area contributed by atoms with Gasteiger partial charge in [-0.25, -0.2) is 9.78 Å². The molecule has 1 aromatic heterocycles. The molecule has 0 bridgehead atoms. The summed E-state index contributed by atoms with van der Waals surface area (Å²) in [5.41, 5.74) is -0.0193. The number of benzene rings is 1. The lowest BCUT2D eigenvalue weighted by Gasteiger charge is -2.06. The van der Waals surface area contributed by atoms with Gasteiger partial charge in [-0.15, -0.1) is 0 Å². The molecule has 0 spiro atoms. The number of nitrogens with one attached hydrogen (secondary N) is 1. The number of carbonyl (C=O) groups is 2. The summed E-state index contributed by atoms with van der Waals surface area (Å²) in [6.45, 7) is -0.470. The standard InChI is InChI=1S/C12H8Br2N2O4S/c13-6-1-2-8(17)7(3-6)11(19)20-5-10(18)16-12-15-4-9(14)21-12/h1-4,17H,5H2,(H,15,16,18). The molecule has 2 aromatic rings. The number of hydrogen-bond acceptors (Lipinski definition) is 6. The van der Waals surface area contributed by atoms with Gasteiger partial charge < -0.3 is 9.84 Å². The number of nitrogens with zero attached hydrogens (tertiary/aromatic N) is 1. The van der Waals surface area contributed by atoms with E-state index < -0.39 is 18.5 Å². The van der Waals surface area contributed by atoms with Crippen molar-refractivity contribution in [3.63, 3.8) is 0 Å². The maximum Gasteiger partial charge on any atom is 0.342 e. The summed E-state index contributed by atoms with van der Waals surface area (Å²) in [6.07, 6.45) is 1.55. The number of thiazole rings is 1. The van der Waals surface area contributed by atoms with Crippen molar-refractivity contribution in [2.75, 3.05) is 11.9 Å². The van der Waals surface area contributed by atoms with Crippen LogP contribution >= 0.6 is 43.2 Å². The first-order valence-corrected chi connectivity index (χ1v) is 7.93. The zero-order valence-electron chi connectivity index (χ0n) is 10.3. The minimum Gasteiger partial charge on any atom is -0.507 e. The summed E-state index contributed by atoms with van der Waals surface area (Å²) in [4.78, 5) is 27.3. The van der Waals surface area contributed by atoms with Crippen LogP contribution in [0, 0.1) is 0 Å². The van der Waals surface area contributed by atoms with E-state index in [-0.39, 0.29) is 11.3 Å². The number of phenolic OH excluding ortho intramolecular Hbond substituents is 1. The van der Waals surface area contributed by atoms with Crippen molar-refractivity contribution in [2.24, 2.45) is 0 Å². The normalized spacial score (nSPS) is 10.2. The van der Waals surface area contributed by atoms with Gasteiger partial charge in [0.05, 0.1) is 9.98 Å². The monoisotopic (exact) mass is 434 g/mol. The number of aromatic hydroxyl groups is 1. The molecule has 0 fully saturated rings. The molecule has 1 heterocycles. The first kappa shape index (κ1) is 15.9. The fraction of sp³-hybridized carbons (Fsp3) is 0.0833. The molecule has 9 heteroatoms. The van der Waals surface area contributed by atoms with E-state index in [1.54, 1.807) is 12.3 Å². The molecule has 2 rings (SSSR count). The summed E-state index contributed by atoms with van der Waals surface area (Å²) >= 11 is 7.64. The van der Waals surface area contributed by atoms with Crippen molar-refractivity contribution in [1.29, 1.82) is 0 Å². The smallest absolute Gasteiger partial charge is 0.342 e. The van der Waals surface area contributed by atoms with E-state index in [2.05, 4.69) is 42.2 Å². The molecule has 6 nitrogen and oxygen atoms in total. The van der Waals surface area contributed by atoms with Crippen LogP contribution in [0.25, 0.3) is 0 Å². The minimum atomic E-state index is -0.788. The Morgan fingerprint density at radius 3 is 2.81 bits per heavy atom. The molecule has 0 saturated carbocycles. The van der Waals surface area contributed by atoms with Crippen LogP contribution < -0.4 is 5.32 Å². The number of carbonyl (C=O) groups excluding carboxylic acids is 2. The first-order valence-electron chi connectivity index (χ1n) is 5.52. The Balaban J connectivity index is 1.91. The molecule has 21 heavy (non-hydrogen) atoms. The van der Waals surface area contributed by atoms with Gasteiger partial charge in [-0.3, -0.25) is 10.1 Å². The predicted molar refractivity (Wildman–Crippen MR) is 84.5 cm³/mol. The highest BCUT2D eigenvalue weighted by Gasteiger charge is 2.15. The number of phenols is 1. The van der Waals surface area contributed by atoms with Crippen molar-refractivity contribution in [2.45, 2.75) is 0 Å². The number of rotatable bonds is 4. The highest BCUT2D eigenvalue weighted by Crippen LogP contribution is 2.24. The van der Waals surface area contributed by atoms with Gasteiger partial charge in [-0.05, 0) is 34.1 Å². The lowest BCUT2D eigenvalue weighted by Crippen LogP contribution is -2.20.